The van der Waals surface area contributed by atoms with Crippen molar-refractivity contribution in [2.24, 2.45) is 0 Å². The summed E-state index contributed by atoms with van der Waals surface area (Å²) in [6, 6.07) is 13.9. The van der Waals surface area contributed by atoms with Crippen molar-refractivity contribution in [3.63, 3.8) is 0 Å². The number of carbonyl (C=O) groups is 5. The van der Waals surface area contributed by atoms with E-state index in [0.717, 1.165) is 10.5 Å². The van der Waals surface area contributed by atoms with Gasteiger partial charge in [0.25, 0.3) is 0 Å². The molecule has 0 unspecified atom stereocenters. The average Bonchev–Trinajstić information content (AvgIpc) is 3.00. The van der Waals surface area contributed by atoms with Crippen LogP contribution in [0.15, 0.2) is 54.6 Å². The van der Waals surface area contributed by atoms with Crippen molar-refractivity contribution in [2.75, 3.05) is 18.1 Å². The van der Waals surface area contributed by atoms with Gasteiger partial charge in [-0.1, -0.05) is 42.5 Å². The van der Waals surface area contributed by atoms with Gasteiger partial charge in [-0.15, -0.1) is 0 Å². The number of carbonyl (C=O) groups excluding carboxylic acids is 5. The molecule has 32 heavy (non-hydrogen) atoms. The van der Waals surface area contributed by atoms with Gasteiger partial charge in [0, 0.05) is 19.5 Å². The number of rotatable bonds is 8. The number of amides is 7. The fraction of sp³-hybridized carbons (Fsp3) is 0.227. The summed E-state index contributed by atoms with van der Waals surface area (Å²) in [6.07, 6.45) is -0.343. The van der Waals surface area contributed by atoms with E-state index in [4.69, 9.17) is 4.74 Å². The number of hydrogen-bond donors (Lipinski definition) is 2. The molecule has 2 aromatic rings. The highest BCUT2D eigenvalue weighted by Gasteiger charge is 2.46. The molecule has 0 aromatic heterocycles. The lowest BCUT2D eigenvalue weighted by atomic mass is 10.2. The monoisotopic (exact) mass is 438 g/mol. The van der Waals surface area contributed by atoms with Crippen LogP contribution in [-0.2, 0) is 20.9 Å². The zero-order chi connectivity index (χ0) is 23.1. The van der Waals surface area contributed by atoms with Crippen molar-refractivity contribution in [3.05, 3.63) is 60.2 Å². The molecule has 2 N–H and O–H groups in total. The molecule has 1 heterocycles. The minimum atomic E-state index is -1.05. The highest BCUT2D eigenvalue weighted by atomic mass is 16.5. The van der Waals surface area contributed by atoms with Crippen LogP contribution in [0.3, 0.4) is 0 Å². The van der Waals surface area contributed by atoms with Crippen LogP contribution in [0.4, 0.5) is 15.3 Å². The van der Waals surface area contributed by atoms with Crippen molar-refractivity contribution < 1.29 is 28.7 Å². The molecule has 10 nitrogen and oxygen atoms in total. The Balaban J connectivity index is 1.56. The fourth-order valence-electron chi connectivity index (χ4n) is 3.06. The van der Waals surface area contributed by atoms with E-state index in [1.165, 1.54) is 6.07 Å². The molecular formula is C22H22N4O6. The second-order valence-electron chi connectivity index (χ2n) is 6.75. The van der Waals surface area contributed by atoms with Crippen LogP contribution in [0.1, 0.15) is 18.9 Å². The Morgan fingerprint density at radius 2 is 1.62 bits per heavy atom. The van der Waals surface area contributed by atoms with Crippen LogP contribution in [0.2, 0.25) is 0 Å². The van der Waals surface area contributed by atoms with Crippen LogP contribution < -0.4 is 20.3 Å². The van der Waals surface area contributed by atoms with Crippen LogP contribution in [0.5, 0.6) is 5.75 Å². The van der Waals surface area contributed by atoms with Gasteiger partial charge in [-0.25, -0.2) is 14.5 Å². The van der Waals surface area contributed by atoms with E-state index in [0.29, 0.717) is 11.5 Å². The number of nitrogens with zero attached hydrogens (tertiary/aromatic N) is 2. The van der Waals surface area contributed by atoms with E-state index >= 15 is 0 Å². The Bertz CT molecular complexity index is 1040. The highest BCUT2D eigenvalue weighted by molar-refractivity contribution is 6.53. The third kappa shape index (κ3) is 5.09. The van der Waals surface area contributed by atoms with Gasteiger partial charge >= 0.3 is 23.9 Å². The van der Waals surface area contributed by atoms with Crippen molar-refractivity contribution in [1.29, 1.82) is 0 Å². The van der Waals surface area contributed by atoms with E-state index < -0.39 is 29.8 Å². The Morgan fingerprint density at radius 3 is 2.34 bits per heavy atom. The first-order chi connectivity index (χ1) is 15.4. The van der Waals surface area contributed by atoms with Gasteiger partial charge in [0.1, 0.15) is 5.75 Å². The van der Waals surface area contributed by atoms with Gasteiger partial charge in [-0.3, -0.25) is 24.6 Å². The molecule has 0 atom stereocenters. The Kier molecular flexibility index (Phi) is 7.17. The molecule has 7 amide bonds. The van der Waals surface area contributed by atoms with Crippen LogP contribution >= 0.6 is 0 Å². The zero-order valence-electron chi connectivity index (χ0n) is 17.4. The molecule has 0 spiro atoms. The summed E-state index contributed by atoms with van der Waals surface area (Å²) in [5, 5.41) is 4.66. The molecule has 3 rings (SSSR count). The lowest BCUT2D eigenvalue weighted by molar-refractivity contribution is -0.139. The second-order valence-corrected chi connectivity index (χ2v) is 6.75. The van der Waals surface area contributed by atoms with Gasteiger partial charge in [-0.05, 0) is 24.6 Å². The second kappa shape index (κ2) is 10.2. The molecule has 10 heteroatoms. The molecule has 166 valence electrons. The average molecular weight is 438 g/mol. The maximum Gasteiger partial charge on any atom is 0.339 e. The van der Waals surface area contributed by atoms with E-state index in [1.54, 1.807) is 25.1 Å². The summed E-state index contributed by atoms with van der Waals surface area (Å²) in [4.78, 5) is 62.8. The molecule has 1 aliphatic rings. The zero-order valence-corrected chi connectivity index (χ0v) is 17.4. The highest BCUT2D eigenvalue weighted by Crippen LogP contribution is 2.31. The summed E-state index contributed by atoms with van der Waals surface area (Å²) in [5.41, 5.74) is 0.999. The van der Waals surface area contributed by atoms with Gasteiger partial charge in [0.2, 0.25) is 5.91 Å². The summed E-state index contributed by atoms with van der Waals surface area (Å²) >= 11 is 0. The first kappa shape index (κ1) is 22.5. The lowest BCUT2D eigenvalue weighted by Gasteiger charge is -2.18. The van der Waals surface area contributed by atoms with Crippen LogP contribution in [0.25, 0.3) is 0 Å². The maximum atomic E-state index is 12.7. The number of anilines is 1. The number of nitrogens with one attached hydrogen (secondary N) is 2. The minimum absolute atomic E-state index is 0.143. The van der Waals surface area contributed by atoms with Crippen molar-refractivity contribution in [3.8, 4) is 5.75 Å². The quantitative estimate of drug-likeness (QED) is 0.478. The van der Waals surface area contributed by atoms with Crippen LogP contribution in [-0.4, -0.2) is 47.8 Å². The normalized spacial score (nSPS) is 13.3. The summed E-state index contributed by atoms with van der Waals surface area (Å²) < 4.78 is 5.43. The molecule has 0 aliphatic carbocycles. The molecule has 0 saturated carbocycles. The van der Waals surface area contributed by atoms with Gasteiger partial charge in [-0.2, -0.15) is 0 Å². The largest absolute Gasteiger partial charge is 0.492 e. The number of urea groups is 2. The summed E-state index contributed by atoms with van der Waals surface area (Å²) in [6.45, 7) is 1.92. The number of benzene rings is 2. The van der Waals surface area contributed by atoms with Gasteiger partial charge in [0.15, 0.2) is 0 Å². The third-order valence-electron chi connectivity index (χ3n) is 4.57. The molecule has 2 aromatic carbocycles. The Hall–Kier alpha value is -4.21. The predicted octanol–water partition coefficient (Wildman–Crippen LogP) is 1.80. The lowest BCUT2D eigenvalue weighted by Crippen LogP contribution is -2.41. The standard InChI is InChI=1S/C22H22N4O6/c1-2-32-17-11-7-6-10-16(17)26-20(29)19(28)25(22(26)31)13-12-18(27)24-21(30)23-14-15-8-4-3-5-9-15/h3-11H,2,12-14H2,1H3,(H2,23,24,27,30). The topological polar surface area (TPSA) is 125 Å². The third-order valence-corrected chi connectivity index (χ3v) is 4.57. The predicted molar refractivity (Wildman–Crippen MR) is 114 cm³/mol. The molecule has 1 aliphatic heterocycles. The van der Waals surface area contributed by atoms with Crippen molar-refractivity contribution in [1.82, 2.24) is 15.5 Å². The SMILES string of the molecule is CCOc1ccccc1N1C(=O)C(=O)N(CCC(=O)NC(=O)NCc2ccccc2)C1=O. The Labute approximate surface area is 184 Å². The molecule has 0 bridgehead atoms. The smallest absolute Gasteiger partial charge is 0.339 e. The number of ether oxygens (including phenoxy) is 1. The molecular weight excluding hydrogens is 416 g/mol. The number of para-hydroxylation sites is 2. The molecule has 0 radical (unpaired) electrons. The van der Waals surface area contributed by atoms with E-state index in [-0.39, 0.29) is 30.9 Å². The van der Waals surface area contributed by atoms with Crippen LogP contribution in [0, 0.1) is 0 Å². The molecule has 1 saturated heterocycles. The summed E-state index contributed by atoms with van der Waals surface area (Å²) in [7, 11) is 0. The van der Waals surface area contributed by atoms with E-state index in [2.05, 4.69) is 10.6 Å². The number of hydrogen-bond acceptors (Lipinski definition) is 6. The van der Waals surface area contributed by atoms with Crippen molar-refractivity contribution in [2.45, 2.75) is 19.9 Å². The van der Waals surface area contributed by atoms with Gasteiger partial charge in [0.05, 0.1) is 12.3 Å². The number of imide groups is 3. The van der Waals surface area contributed by atoms with E-state index in [9.17, 15) is 24.0 Å². The van der Waals surface area contributed by atoms with Gasteiger partial charge < -0.3 is 10.1 Å². The van der Waals surface area contributed by atoms with E-state index in [1.807, 2.05) is 30.3 Å². The first-order valence-electron chi connectivity index (χ1n) is 9.95. The summed E-state index contributed by atoms with van der Waals surface area (Å²) in [5.74, 6) is -2.51. The minimum Gasteiger partial charge on any atom is -0.492 e. The first-order valence-corrected chi connectivity index (χ1v) is 9.95. The Morgan fingerprint density at radius 1 is 0.938 bits per heavy atom. The maximum absolute atomic E-state index is 12.7. The van der Waals surface area contributed by atoms with Crippen molar-refractivity contribution >= 4 is 35.5 Å². The molecule has 1 fully saturated rings. The fourth-order valence-corrected chi connectivity index (χ4v) is 3.06.